The molecule has 1 amide bonds. The van der Waals surface area contributed by atoms with Crippen molar-refractivity contribution in [3.8, 4) is 11.4 Å². The zero-order chi connectivity index (χ0) is 24.8. The number of aromatic nitrogens is 1. The molecule has 0 spiro atoms. The molecule has 0 aliphatic carbocycles. The third-order valence-electron chi connectivity index (χ3n) is 5.02. The Hall–Kier alpha value is -3.19. The van der Waals surface area contributed by atoms with Crippen LogP contribution < -0.4 is 10.2 Å². The number of hydrogen-bond acceptors (Lipinski definition) is 4. The molecular weight excluding hydrogens is 672 g/mol. The Morgan fingerprint density at radius 1 is 0.971 bits per heavy atom. The first-order chi connectivity index (χ1) is 16.9. The summed E-state index contributed by atoms with van der Waals surface area (Å²) < 4.78 is 9.64. The van der Waals surface area contributed by atoms with E-state index >= 15 is 0 Å². The van der Waals surface area contributed by atoms with Crippen molar-refractivity contribution >= 4 is 63.3 Å². The lowest BCUT2D eigenvalue weighted by Gasteiger charge is -2.12. The first kappa shape index (κ1) is 24.9. The van der Waals surface area contributed by atoms with E-state index in [0.29, 0.717) is 12.2 Å². The molecule has 0 unspecified atom stereocenters. The fraction of sp³-hybridized carbons (Fsp3) is 0.0385. The summed E-state index contributed by atoms with van der Waals surface area (Å²) >= 11 is 4.39. The van der Waals surface area contributed by atoms with Crippen molar-refractivity contribution in [3.05, 3.63) is 115 Å². The number of carbonyl (C=O) groups is 2. The van der Waals surface area contributed by atoms with Crippen molar-refractivity contribution in [3.63, 3.8) is 0 Å². The van der Waals surface area contributed by atoms with Gasteiger partial charge < -0.3 is 14.4 Å². The highest BCUT2D eigenvalue weighted by Gasteiger charge is 2.12. The van der Waals surface area contributed by atoms with Crippen molar-refractivity contribution in [1.29, 1.82) is 0 Å². The number of amides is 1. The van der Waals surface area contributed by atoms with Gasteiger partial charge in [-0.3, -0.25) is 4.79 Å². The normalized spacial score (nSPS) is 10.9. The topological polar surface area (TPSA) is 92.9 Å². The number of nitrogens with one attached hydrogen (secondary N) is 1. The van der Waals surface area contributed by atoms with E-state index < -0.39 is 5.97 Å². The van der Waals surface area contributed by atoms with Crippen molar-refractivity contribution < 1.29 is 19.4 Å². The van der Waals surface area contributed by atoms with Gasteiger partial charge in [-0.25, -0.2) is 10.2 Å². The number of aromatic carboxylic acids is 1. The molecule has 3 aromatic carbocycles. The van der Waals surface area contributed by atoms with Crippen LogP contribution in [-0.2, 0) is 6.61 Å². The molecule has 1 heterocycles. The minimum atomic E-state index is -0.958. The highest BCUT2D eigenvalue weighted by atomic mass is 127. The van der Waals surface area contributed by atoms with E-state index in [4.69, 9.17) is 9.84 Å². The number of hydrogen-bond donors (Lipinski definition) is 2. The molecule has 0 radical (unpaired) electrons. The van der Waals surface area contributed by atoms with E-state index in [1.165, 1.54) is 0 Å². The highest BCUT2D eigenvalue weighted by molar-refractivity contribution is 14.1. The maximum atomic E-state index is 12.7. The van der Waals surface area contributed by atoms with Crippen LogP contribution in [0.5, 0.6) is 5.75 Å². The first-order valence-corrected chi connectivity index (χ1v) is 12.6. The number of carboxylic acid groups (broad SMARTS) is 1. The van der Waals surface area contributed by atoms with E-state index in [1.807, 2.05) is 59.4 Å². The minimum Gasteiger partial charge on any atom is -0.487 e. The van der Waals surface area contributed by atoms with Crippen LogP contribution in [0.4, 0.5) is 0 Å². The SMILES string of the molecule is O=C(O)c1ccc(COc2c(I)cc(/C=N\NC(=O)c3ccccc3-n3cccc3)cc2I)cc1. The van der Waals surface area contributed by atoms with E-state index in [-0.39, 0.29) is 11.5 Å². The molecule has 4 rings (SSSR count). The monoisotopic (exact) mass is 691 g/mol. The Kier molecular flexibility index (Phi) is 8.18. The van der Waals surface area contributed by atoms with Crippen LogP contribution in [0.15, 0.2) is 90.3 Å². The van der Waals surface area contributed by atoms with E-state index in [2.05, 4.69) is 55.7 Å². The van der Waals surface area contributed by atoms with Crippen LogP contribution in [0.1, 0.15) is 31.8 Å². The van der Waals surface area contributed by atoms with Gasteiger partial charge in [-0.15, -0.1) is 0 Å². The fourth-order valence-corrected chi connectivity index (χ4v) is 5.43. The smallest absolute Gasteiger partial charge is 0.335 e. The van der Waals surface area contributed by atoms with Crippen molar-refractivity contribution in [2.24, 2.45) is 5.10 Å². The molecule has 4 aromatic rings. The predicted octanol–water partition coefficient (Wildman–Crippen LogP) is 5.73. The van der Waals surface area contributed by atoms with Crippen LogP contribution in [-0.4, -0.2) is 27.8 Å². The largest absolute Gasteiger partial charge is 0.487 e. The Labute approximate surface area is 229 Å². The second kappa shape index (κ2) is 11.5. The number of carbonyl (C=O) groups excluding carboxylic acids is 1. The van der Waals surface area contributed by atoms with E-state index in [9.17, 15) is 9.59 Å². The number of ether oxygens (including phenoxy) is 1. The molecule has 0 aliphatic heterocycles. The predicted molar refractivity (Wildman–Crippen MR) is 150 cm³/mol. The van der Waals surface area contributed by atoms with Gasteiger partial charge in [0, 0.05) is 12.4 Å². The summed E-state index contributed by atoms with van der Waals surface area (Å²) in [6, 6.07) is 21.5. The molecular formula is C26H19I2N3O4. The van der Waals surface area contributed by atoms with E-state index in [1.54, 1.807) is 36.5 Å². The Morgan fingerprint density at radius 2 is 1.63 bits per heavy atom. The number of hydrazone groups is 1. The molecule has 0 fully saturated rings. The number of para-hydroxylation sites is 1. The van der Waals surface area contributed by atoms with Gasteiger partial charge in [0.1, 0.15) is 12.4 Å². The zero-order valence-corrected chi connectivity index (χ0v) is 22.5. The molecule has 7 nitrogen and oxygen atoms in total. The Morgan fingerprint density at radius 3 is 2.29 bits per heavy atom. The maximum Gasteiger partial charge on any atom is 0.335 e. The second-order valence-electron chi connectivity index (χ2n) is 7.41. The molecule has 35 heavy (non-hydrogen) atoms. The summed E-state index contributed by atoms with van der Waals surface area (Å²) in [5, 5.41) is 13.2. The summed E-state index contributed by atoms with van der Waals surface area (Å²) in [6.07, 6.45) is 5.36. The van der Waals surface area contributed by atoms with Gasteiger partial charge in [-0.05, 0) is 105 Å². The van der Waals surface area contributed by atoms with Gasteiger partial charge >= 0.3 is 5.97 Å². The van der Waals surface area contributed by atoms with Crippen LogP contribution in [0.25, 0.3) is 5.69 Å². The molecule has 9 heteroatoms. The van der Waals surface area contributed by atoms with Crippen molar-refractivity contribution in [2.75, 3.05) is 0 Å². The number of halogens is 2. The lowest BCUT2D eigenvalue weighted by molar-refractivity contribution is 0.0696. The third-order valence-corrected chi connectivity index (χ3v) is 6.62. The van der Waals surface area contributed by atoms with Crippen LogP contribution in [0.2, 0.25) is 0 Å². The van der Waals surface area contributed by atoms with Crippen molar-refractivity contribution in [1.82, 2.24) is 9.99 Å². The standard InChI is InChI=1S/C26H19I2N3O4/c27-21-13-18(14-22(28)24(21)35-16-17-7-9-19(10-8-17)26(33)34)15-29-30-25(32)20-5-1-2-6-23(20)31-11-3-4-12-31/h1-15H,16H2,(H,30,32)(H,33,34)/b29-15-. The van der Waals surface area contributed by atoms with Gasteiger partial charge in [-0.1, -0.05) is 24.3 Å². The number of benzene rings is 3. The fourth-order valence-electron chi connectivity index (χ4n) is 3.30. The van der Waals surface area contributed by atoms with Gasteiger partial charge in [0.05, 0.1) is 30.2 Å². The van der Waals surface area contributed by atoms with Crippen LogP contribution in [0.3, 0.4) is 0 Å². The van der Waals surface area contributed by atoms with Gasteiger partial charge in [0.25, 0.3) is 5.91 Å². The Bertz CT molecular complexity index is 1360. The lowest BCUT2D eigenvalue weighted by Crippen LogP contribution is -2.19. The number of nitrogens with zero attached hydrogens (tertiary/aromatic N) is 2. The molecule has 0 saturated heterocycles. The molecule has 176 valence electrons. The zero-order valence-electron chi connectivity index (χ0n) is 18.2. The maximum absolute atomic E-state index is 12.7. The molecule has 2 N–H and O–H groups in total. The van der Waals surface area contributed by atoms with Crippen LogP contribution >= 0.6 is 45.2 Å². The van der Waals surface area contributed by atoms with Gasteiger partial charge in [0.2, 0.25) is 0 Å². The summed E-state index contributed by atoms with van der Waals surface area (Å²) in [4.78, 5) is 23.7. The summed E-state index contributed by atoms with van der Waals surface area (Å²) in [5.74, 6) is -0.528. The third kappa shape index (κ3) is 6.28. The lowest BCUT2D eigenvalue weighted by atomic mass is 10.1. The highest BCUT2D eigenvalue weighted by Crippen LogP contribution is 2.29. The number of rotatable bonds is 8. The summed E-state index contributed by atoms with van der Waals surface area (Å²) in [5.41, 5.74) is 5.82. The molecule has 1 aromatic heterocycles. The van der Waals surface area contributed by atoms with Gasteiger partial charge in [0.15, 0.2) is 0 Å². The summed E-state index contributed by atoms with van der Waals surface area (Å²) in [7, 11) is 0. The Balaban J connectivity index is 1.41. The second-order valence-corrected chi connectivity index (χ2v) is 9.74. The molecule has 0 atom stereocenters. The molecule has 0 aliphatic rings. The van der Waals surface area contributed by atoms with E-state index in [0.717, 1.165) is 29.7 Å². The minimum absolute atomic E-state index is 0.238. The first-order valence-electron chi connectivity index (χ1n) is 10.4. The number of carboxylic acids is 1. The average molecular weight is 691 g/mol. The van der Waals surface area contributed by atoms with Gasteiger partial charge in [-0.2, -0.15) is 5.10 Å². The van der Waals surface area contributed by atoms with Crippen molar-refractivity contribution in [2.45, 2.75) is 6.61 Å². The van der Waals surface area contributed by atoms with Crippen LogP contribution in [0, 0.1) is 7.14 Å². The average Bonchev–Trinajstić information content (AvgIpc) is 3.39. The molecule has 0 saturated carbocycles. The molecule has 0 bridgehead atoms. The quantitative estimate of drug-likeness (QED) is 0.140. The summed E-state index contributed by atoms with van der Waals surface area (Å²) in [6.45, 7) is 0.316.